The first-order chi connectivity index (χ1) is 7.98. The second-order valence-electron chi connectivity index (χ2n) is 4.38. The van der Waals surface area contributed by atoms with E-state index in [4.69, 9.17) is 5.11 Å². The summed E-state index contributed by atoms with van der Waals surface area (Å²) in [5, 5.41) is 8.77. The predicted molar refractivity (Wildman–Crippen MR) is 64.0 cm³/mol. The molecule has 1 aromatic rings. The smallest absolute Gasteiger partial charge is 0.335 e. The minimum absolute atomic E-state index is 0.0107. The van der Waals surface area contributed by atoms with Crippen molar-refractivity contribution in [1.82, 2.24) is 0 Å². The summed E-state index contributed by atoms with van der Waals surface area (Å²) in [6, 6.07) is 6.49. The largest absolute Gasteiger partial charge is 0.478 e. The van der Waals surface area contributed by atoms with E-state index in [1.807, 2.05) is 0 Å². The van der Waals surface area contributed by atoms with E-state index in [1.165, 1.54) is 12.1 Å². The van der Waals surface area contributed by atoms with Gasteiger partial charge >= 0.3 is 5.97 Å². The highest BCUT2D eigenvalue weighted by atomic mass is 32.2. The molecule has 1 fully saturated rings. The van der Waals surface area contributed by atoms with Crippen molar-refractivity contribution < 1.29 is 18.3 Å². The number of carbonyl (C=O) groups is 1. The Bertz CT molecular complexity index is 516. The van der Waals surface area contributed by atoms with Gasteiger partial charge in [-0.1, -0.05) is 12.1 Å². The van der Waals surface area contributed by atoms with E-state index >= 15 is 0 Å². The van der Waals surface area contributed by atoms with Crippen molar-refractivity contribution in [3.8, 4) is 0 Å². The average molecular weight is 254 g/mol. The molecule has 1 heterocycles. The quantitative estimate of drug-likeness (QED) is 0.871. The lowest BCUT2D eigenvalue weighted by Crippen LogP contribution is -2.23. The van der Waals surface area contributed by atoms with Crippen LogP contribution in [0.4, 0.5) is 0 Å². The van der Waals surface area contributed by atoms with Crippen molar-refractivity contribution in [2.45, 2.75) is 18.8 Å². The van der Waals surface area contributed by atoms with Crippen LogP contribution in [-0.2, 0) is 9.84 Å². The van der Waals surface area contributed by atoms with E-state index in [-0.39, 0.29) is 23.0 Å². The van der Waals surface area contributed by atoms with Crippen LogP contribution in [-0.4, -0.2) is 31.0 Å². The summed E-state index contributed by atoms with van der Waals surface area (Å²) in [7, 11) is -2.92. The van der Waals surface area contributed by atoms with Crippen molar-refractivity contribution in [3.63, 3.8) is 0 Å². The molecule has 0 spiro atoms. The summed E-state index contributed by atoms with van der Waals surface area (Å²) in [6.45, 7) is 0. The van der Waals surface area contributed by atoms with Crippen molar-refractivity contribution in [3.05, 3.63) is 35.4 Å². The van der Waals surface area contributed by atoms with Gasteiger partial charge in [-0.25, -0.2) is 13.2 Å². The van der Waals surface area contributed by atoms with Gasteiger partial charge in [0.15, 0.2) is 9.84 Å². The molecule has 0 aliphatic carbocycles. The minimum Gasteiger partial charge on any atom is -0.478 e. The Morgan fingerprint density at radius 3 is 2.41 bits per heavy atom. The van der Waals surface area contributed by atoms with Crippen molar-refractivity contribution >= 4 is 15.8 Å². The molecule has 2 rings (SSSR count). The van der Waals surface area contributed by atoms with E-state index in [2.05, 4.69) is 0 Å². The molecule has 1 aliphatic rings. The second kappa shape index (κ2) is 4.49. The molecule has 1 aliphatic heterocycles. The first-order valence-electron chi connectivity index (χ1n) is 5.51. The number of carboxylic acids is 1. The van der Waals surface area contributed by atoms with Crippen LogP contribution in [0, 0.1) is 0 Å². The maximum Gasteiger partial charge on any atom is 0.335 e. The van der Waals surface area contributed by atoms with Gasteiger partial charge in [-0.05, 0) is 36.5 Å². The highest BCUT2D eigenvalue weighted by molar-refractivity contribution is 7.91. The Morgan fingerprint density at radius 1 is 1.24 bits per heavy atom. The van der Waals surface area contributed by atoms with E-state index in [0.29, 0.717) is 6.42 Å². The summed E-state index contributed by atoms with van der Waals surface area (Å²) < 4.78 is 23.0. The van der Waals surface area contributed by atoms with Crippen LogP contribution < -0.4 is 0 Å². The molecule has 92 valence electrons. The molecule has 1 unspecified atom stereocenters. The standard InChI is InChI=1S/C12H14O4S/c13-12(14)10-5-3-9(4-6-10)11-2-1-7-17(15,16)8-11/h3-6,11H,1-2,7-8H2,(H,13,14). The van der Waals surface area contributed by atoms with E-state index in [0.717, 1.165) is 12.0 Å². The Balaban J connectivity index is 2.20. The third-order valence-corrected chi connectivity index (χ3v) is 4.91. The first-order valence-corrected chi connectivity index (χ1v) is 7.34. The monoisotopic (exact) mass is 254 g/mol. The second-order valence-corrected chi connectivity index (χ2v) is 6.61. The van der Waals surface area contributed by atoms with Crippen LogP contribution in [0.25, 0.3) is 0 Å². The molecule has 0 aromatic heterocycles. The van der Waals surface area contributed by atoms with Crippen LogP contribution >= 0.6 is 0 Å². The Hall–Kier alpha value is -1.36. The van der Waals surface area contributed by atoms with Crippen LogP contribution in [0.15, 0.2) is 24.3 Å². The number of hydrogen-bond donors (Lipinski definition) is 1. The number of benzene rings is 1. The Kier molecular flexibility index (Phi) is 3.19. The van der Waals surface area contributed by atoms with Crippen LogP contribution in [0.1, 0.15) is 34.7 Å². The van der Waals surface area contributed by atoms with E-state index in [9.17, 15) is 13.2 Å². The highest BCUT2D eigenvalue weighted by Crippen LogP contribution is 2.28. The van der Waals surface area contributed by atoms with Gasteiger partial charge in [0.1, 0.15) is 0 Å². The fourth-order valence-electron chi connectivity index (χ4n) is 2.18. The normalized spacial score (nSPS) is 23.2. The van der Waals surface area contributed by atoms with Gasteiger partial charge in [0.25, 0.3) is 0 Å². The van der Waals surface area contributed by atoms with Gasteiger partial charge in [-0.2, -0.15) is 0 Å². The lowest BCUT2D eigenvalue weighted by atomic mass is 9.95. The number of aromatic carboxylic acids is 1. The summed E-state index contributed by atoms with van der Waals surface area (Å²) in [4.78, 5) is 10.7. The molecule has 0 bridgehead atoms. The van der Waals surface area contributed by atoms with Gasteiger partial charge < -0.3 is 5.11 Å². The average Bonchev–Trinajstić information content (AvgIpc) is 2.28. The molecule has 0 saturated carbocycles. The molecule has 0 amide bonds. The molecular weight excluding hydrogens is 240 g/mol. The summed E-state index contributed by atoms with van der Waals surface area (Å²) in [5.74, 6) is -0.500. The zero-order valence-corrected chi connectivity index (χ0v) is 10.1. The first kappa shape index (κ1) is 12.1. The van der Waals surface area contributed by atoms with Crippen molar-refractivity contribution in [1.29, 1.82) is 0 Å². The molecular formula is C12H14O4S. The number of sulfone groups is 1. The SMILES string of the molecule is O=C(O)c1ccc(C2CCCS(=O)(=O)C2)cc1. The number of hydrogen-bond acceptors (Lipinski definition) is 3. The molecule has 1 atom stereocenters. The predicted octanol–water partition coefficient (Wildman–Crippen LogP) is 1.68. The van der Waals surface area contributed by atoms with Gasteiger partial charge in [-0.15, -0.1) is 0 Å². The summed E-state index contributed by atoms with van der Waals surface area (Å²) in [6.07, 6.45) is 1.54. The molecule has 4 nitrogen and oxygen atoms in total. The zero-order chi connectivity index (χ0) is 12.5. The van der Waals surface area contributed by atoms with Gasteiger partial charge in [0, 0.05) is 0 Å². The van der Waals surface area contributed by atoms with E-state index in [1.54, 1.807) is 12.1 Å². The minimum atomic E-state index is -2.92. The van der Waals surface area contributed by atoms with Crippen LogP contribution in [0.2, 0.25) is 0 Å². The van der Waals surface area contributed by atoms with Crippen LogP contribution in [0.5, 0.6) is 0 Å². The number of rotatable bonds is 2. The zero-order valence-electron chi connectivity index (χ0n) is 9.30. The fraction of sp³-hybridized carbons (Fsp3) is 0.417. The Morgan fingerprint density at radius 2 is 1.88 bits per heavy atom. The summed E-state index contributed by atoms with van der Waals surface area (Å²) >= 11 is 0. The topological polar surface area (TPSA) is 71.4 Å². The third-order valence-electron chi connectivity index (χ3n) is 3.09. The fourth-order valence-corrected chi connectivity index (χ4v) is 3.93. The summed E-state index contributed by atoms with van der Waals surface area (Å²) in [5.41, 5.74) is 1.14. The molecule has 1 N–H and O–H groups in total. The third kappa shape index (κ3) is 2.85. The van der Waals surface area contributed by atoms with Gasteiger partial charge in [-0.3, -0.25) is 0 Å². The van der Waals surface area contributed by atoms with Crippen molar-refractivity contribution in [2.75, 3.05) is 11.5 Å². The Labute approximate surface area is 100 Å². The highest BCUT2D eigenvalue weighted by Gasteiger charge is 2.25. The number of carboxylic acid groups (broad SMARTS) is 1. The lowest BCUT2D eigenvalue weighted by molar-refractivity contribution is 0.0697. The maximum absolute atomic E-state index is 11.5. The molecule has 5 heteroatoms. The van der Waals surface area contributed by atoms with Crippen molar-refractivity contribution in [2.24, 2.45) is 0 Å². The maximum atomic E-state index is 11.5. The lowest BCUT2D eigenvalue weighted by Gasteiger charge is -2.22. The molecule has 1 saturated heterocycles. The molecule has 0 radical (unpaired) electrons. The van der Waals surface area contributed by atoms with E-state index < -0.39 is 15.8 Å². The van der Waals surface area contributed by atoms with Crippen LogP contribution in [0.3, 0.4) is 0 Å². The van der Waals surface area contributed by atoms with Gasteiger partial charge in [0.05, 0.1) is 17.1 Å². The molecule has 17 heavy (non-hydrogen) atoms. The van der Waals surface area contributed by atoms with Gasteiger partial charge in [0.2, 0.25) is 0 Å². The molecule has 1 aromatic carbocycles.